The van der Waals surface area contributed by atoms with Gasteiger partial charge in [-0.1, -0.05) is 17.7 Å². The van der Waals surface area contributed by atoms with E-state index in [1.165, 1.54) is 11.3 Å². The van der Waals surface area contributed by atoms with Crippen LogP contribution in [0.15, 0.2) is 36.4 Å². The number of carboxylic acid groups (broad SMARTS) is 1. The average molecular weight is 282 g/mol. The number of aryl methyl sites for hydroxylation is 1. The number of halogens is 1. The van der Waals surface area contributed by atoms with Gasteiger partial charge in [0.2, 0.25) is 0 Å². The third-order valence-corrected chi connectivity index (χ3v) is 3.73. The molecule has 94 valence electrons. The Balaban J connectivity index is 2.24. The smallest absolute Gasteiger partial charge is 0.331 e. The van der Waals surface area contributed by atoms with Crippen molar-refractivity contribution in [2.45, 2.75) is 13.0 Å². The minimum absolute atomic E-state index is 0.575. The van der Waals surface area contributed by atoms with Crippen LogP contribution in [0.2, 0.25) is 5.02 Å². The number of carbonyl (C=O) groups is 1. The highest BCUT2D eigenvalue weighted by atomic mass is 35.5. The third-order valence-electron chi connectivity index (χ3n) is 2.43. The molecule has 1 heterocycles. The molecule has 0 amide bonds. The molecule has 3 nitrogen and oxygen atoms in total. The third kappa shape index (κ3) is 3.03. The molecular formula is C13H12ClNO2S. The monoisotopic (exact) mass is 281 g/mol. The van der Waals surface area contributed by atoms with Gasteiger partial charge in [0.15, 0.2) is 6.04 Å². The van der Waals surface area contributed by atoms with Crippen molar-refractivity contribution in [3.8, 4) is 0 Å². The lowest BCUT2D eigenvalue weighted by Gasteiger charge is -2.14. The number of aliphatic carboxylic acids is 1. The first-order valence-electron chi connectivity index (χ1n) is 5.37. The Labute approximate surface area is 114 Å². The SMILES string of the molecule is Cc1ccc(C(Nc2cccc(Cl)c2)C(=O)O)s1. The Morgan fingerprint density at radius 2 is 2.17 bits per heavy atom. The van der Waals surface area contributed by atoms with Crippen molar-refractivity contribution in [3.63, 3.8) is 0 Å². The molecule has 1 aromatic heterocycles. The van der Waals surface area contributed by atoms with Crippen LogP contribution < -0.4 is 5.32 Å². The van der Waals surface area contributed by atoms with E-state index in [0.29, 0.717) is 10.7 Å². The van der Waals surface area contributed by atoms with Crippen LogP contribution in [-0.2, 0) is 4.79 Å². The maximum atomic E-state index is 11.3. The summed E-state index contributed by atoms with van der Waals surface area (Å²) in [5.41, 5.74) is 0.695. The number of nitrogens with one attached hydrogen (secondary N) is 1. The highest BCUT2D eigenvalue weighted by Crippen LogP contribution is 2.27. The van der Waals surface area contributed by atoms with Crippen LogP contribution in [0.4, 0.5) is 5.69 Å². The van der Waals surface area contributed by atoms with Gasteiger partial charge in [0.1, 0.15) is 0 Å². The summed E-state index contributed by atoms with van der Waals surface area (Å²) in [5.74, 6) is -0.906. The average Bonchev–Trinajstić information content (AvgIpc) is 2.72. The fraction of sp³-hybridized carbons (Fsp3) is 0.154. The van der Waals surface area contributed by atoms with Gasteiger partial charge in [-0.05, 0) is 37.3 Å². The highest BCUT2D eigenvalue weighted by molar-refractivity contribution is 7.12. The molecule has 0 saturated carbocycles. The van der Waals surface area contributed by atoms with Gasteiger partial charge in [0, 0.05) is 20.5 Å². The molecule has 1 unspecified atom stereocenters. The molecule has 0 aliphatic carbocycles. The number of anilines is 1. The lowest BCUT2D eigenvalue weighted by molar-refractivity contribution is -0.138. The maximum Gasteiger partial charge on any atom is 0.331 e. The molecule has 5 heteroatoms. The summed E-state index contributed by atoms with van der Waals surface area (Å²) in [5, 5.41) is 12.8. The minimum atomic E-state index is -0.906. The van der Waals surface area contributed by atoms with Crippen LogP contribution in [0, 0.1) is 6.92 Å². The molecule has 0 fully saturated rings. The van der Waals surface area contributed by atoms with Gasteiger partial charge in [0.05, 0.1) is 0 Å². The normalized spacial score (nSPS) is 12.1. The van der Waals surface area contributed by atoms with Crippen LogP contribution in [0.3, 0.4) is 0 Å². The van der Waals surface area contributed by atoms with E-state index in [1.807, 2.05) is 19.1 Å². The summed E-state index contributed by atoms with van der Waals surface area (Å²) < 4.78 is 0. The Hall–Kier alpha value is -1.52. The van der Waals surface area contributed by atoms with Gasteiger partial charge < -0.3 is 10.4 Å². The number of rotatable bonds is 4. The molecule has 0 spiro atoms. The second kappa shape index (κ2) is 5.42. The first kappa shape index (κ1) is 12.9. The number of hydrogen-bond acceptors (Lipinski definition) is 3. The summed E-state index contributed by atoms with van der Waals surface area (Å²) in [7, 11) is 0. The molecule has 2 aromatic rings. The van der Waals surface area contributed by atoms with E-state index in [9.17, 15) is 9.90 Å². The topological polar surface area (TPSA) is 49.3 Å². The first-order valence-corrected chi connectivity index (χ1v) is 6.57. The Bertz CT molecular complexity index is 568. The van der Waals surface area contributed by atoms with Crippen LogP contribution in [0.25, 0.3) is 0 Å². The molecule has 2 rings (SSSR count). The van der Waals surface area contributed by atoms with Gasteiger partial charge in [-0.25, -0.2) is 4.79 Å². The first-order chi connectivity index (χ1) is 8.56. The van der Waals surface area contributed by atoms with E-state index < -0.39 is 12.0 Å². The lowest BCUT2D eigenvalue weighted by atomic mass is 10.2. The zero-order valence-electron chi connectivity index (χ0n) is 9.68. The van der Waals surface area contributed by atoms with E-state index in [-0.39, 0.29) is 0 Å². The van der Waals surface area contributed by atoms with Crippen molar-refractivity contribution in [2.24, 2.45) is 0 Å². The minimum Gasteiger partial charge on any atom is -0.479 e. The highest BCUT2D eigenvalue weighted by Gasteiger charge is 2.21. The van der Waals surface area contributed by atoms with Crippen LogP contribution >= 0.6 is 22.9 Å². The Morgan fingerprint density at radius 1 is 1.39 bits per heavy atom. The van der Waals surface area contributed by atoms with Crippen molar-refractivity contribution in [2.75, 3.05) is 5.32 Å². The van der Waals surface area contributed by atoms with Crippen molar-refractivity contribution in [1.82, 2.24) is 0 Å². The zero-order chi connectivity index (χ0) is 13.1. The number of carboxylic acids is 1. The summed E-state index contributed by atoms with van der Waals surface area (Å²) in [6.45, 7) is 1.95. The van der Waals surface area contributed by atoms with E-state index >= 15 is 0 Å². The maximum absolute atomic E-state index is 11.3. The zero-order valence-corrected chi connectivity index (χ0v) is 11.3. The van der Waals surface area contributed by atoms with Crippen molar-refractivity contribution < 1.29 is 9.90 Å². The van der Waals surface area contributed by atoms with Gasteiger partial charge in [0.25, 0.3) is 0 Å². The molecular weight excluding hydrogens is 270 g/mol. The predicted octanol–water partition coefficient (Wildman–Crippen LogP) is 3.95. The summed E-state index contributed by atoms with van der Waals surface area (Å²) in [4.78, 5) is 13.2. The van der Waals surface area contributed by atoms with Crippen LogP contribution in [0.5, 0.6) is 0 Å². The molecule has 1 atom stereocenters. The van der Waals surface area contributed by atoms with Crippen molar-refractivity contribution in [1.29, 1.82) is 0 Å². The number of thiophene rings is 1. The van der Waals surface area contributed by atoms with Crippen LogP contribution in [0.1, 0.15) is 15.8 Å². The second-order valence-electron chi connectivity index (χ2n) is 3.87. The van der Waals surface area contributed by atoms with E-state index in [4.69, 9.17) is 11.6 Å². The molecule has 0 radical (unpaired) electrons. The fourth-order valence-electron chi connectivity index (χ4n) is 1.61. The molecule has 0 saturated heterocycles. The van der Waals surface area contributed by atoms with Crippen LogP contribution in [-0.4, -0.2) is 11.1 Å². The van der Waals surface area contributed by atoms with Gasteiger partial charge in [-0.2, -0.15) is 0 Å². The second-order valence-corrected chi connectivity index (χ2v) is 5.63. The Kier molecular flexibility index (Phi) is 3.89. The summed E-state index contributed by atoms with van der Waals surface area (Å²) in [6, 6.07) is 10.0. The Morgan fingerprint density at radius 3 is 2.72 bits per heavy atom. The molecule has 1 aromatic carbocycles. The molecule has 2 N–H and O–H groups in total. The standard InChI is InChI=1S/C13H12ClNO2S/c1-8-5-6-11(18-8)12(13(16)17)15-10-4-2-3-9(14)7-10/h2-7,12,15H,1H3,(H,16,17). The summed E-state index contributed by atoms with van der Waals surface area (Å²) in [6.07, 6.45) is 0. The van der Waals surface area contributed by atoms with E-state index in [0.717, 1.165) is 9.75 Å². The molecule has 18 heavy (non-hydrogen) atoms. The van der Waals surface area contributed by atoms with E-state index in [2.05, 4.69) is 5.32 Å². The van der Waals surface area contributed by atoms with Gasteiger partial charge >= 0.3 is 5.97 Å². The predicted molar refractivity (Wildman–Crippen MR) is 74.5 cm³/mol. The largest absolute Gasteiger partial charge is 0.479 e. The molecule has 0 aliphatic rings. The van der Waals surface area contributed by atoms with Gasteiger partial charge in [-0.3, -0.25) is 0 Å². The lowest BCUT2D eigenvalue weighted by Crippen LogP contribution is -2.19. The number of benzene rings is 1. The molecule has 0 aliphatic heterocycles. The number of hydrogen-bond donors (Lipinski definition) is 2. The van der Waals surface area contributed by atoms with Crippen molar-refractivity contribution >= 4 is 34.6 Å². The van der Waals surface area contributed by atoms with E-state index in [1.54, 1.807) is 24.3 Å². The van der Waals surface area contributed by atoms with Gasteiger partial charge in [-0.15, -0.1) is 11.3 Å². The fourth-order valence-corrected chi connectivity index (χ4v) is 2.72. The quantitative estimate of drug-likeness (QED) is 0.892. The summed E-state index contributed by atoms with van der Waals surface area (Å²) >= 11 is 7.34. The molecule has 0 bridgehead atoms. The van der Waals surface area contributed by atoms with Crippen molar-refractivity contribution in [3.05, 3.63) is 51.2 Å².